The Morgan fingerprint density at radius 2 is 1.38 bits per heavy atom. The Kier molecular flexibility index (Phi) is 3.42. The first-order chi connectivity index (χ1) is 7.16. The second kappa shape index (κ2) is 4.16. The summed E-state index contributed by atoms with van der Waals surface area (Å²) in [5, 5.41) is -2.58. The first kappa shape index (κ1) is 13.2. The lowest BCUT2D eigenvalue weighted by atomic mass is 10.1. The Morgan fingerprint density at radius 1 is 0.938 bits per heavy atom. The smallest absolute Gasteiger partial charge is 0.207 e. The molecule has 0 aliphatic carbocycles. The van der Waals surface area contributed by atoms with Crippen LogP contribution >= 0.6 is 11.6 Å². The third kappa shape index (κ3) is 2.42. The zero-order valence-corrected chi connectivity index (χ0v) is 8.29. The van der Waals surface area contributed by atoms with Crippen LogP contribution in [0, 0.1) is 5.82 Å². The third-order valence-corrected chi connectivity index (χ3v) is 2.38. The summed E-state index contributed by atoms with van der Waals surface area (Å²) in [6.45, 7) is 0. The maximum Gasteiger partial charge on any atom is 0.455 e. The fraction of sp³-hybridized carbons (Fsp3) is 0.333. The molecule has 0 saturated heterocycles. The van der Waals surface area contributed by atoms with Crippen molar-refractivity contribution in [1.29, 1.82) is 0 Å². The monoisotopic (exact) mass is 262 g/mol. The summed E-state index contributed by atoms with van der Waals surface area (Å²) in [6, 6.07) is 3.09. The van der Waals surface area contributed by atoms with Crippen molar-refractivity contribution in [3.05, 3.63) is 35.6 Å². The molecule has 0 amide bonds. The number of rotatable bonds is 2. The Bertz CT molecular complexity index is 355. The molecule has 16 heavy (non-hydrogen) atoms. The van der Waals surface area contributed by atoms with Gasteiger partial charge in [0.1, 0.15) is 11.2 Å². The van der Waals surface area contributed by atoms with Gasteiger partial charge in [0.15, 0.2) is 0 Å². The van der Waals surface area contributed by atoms with E-state index in [2.05, 4.69) is 0 Å². The molecule has 0 aromatic heterocycles. The van der Waals surface area contributed by atoms with Gasteiger partial charge in [0, 0.05) is 0 Å². The van der Waals surface area contributed by atoms with Gasteiger partial charge in [-0.25, -0.2) is 4.39 Å². The molecule has 0 N–H and O–H groups in total. The van der Waals surface area contributed by atoms with Crippen molar-refractivity contribution < 1.29 is 26.3 Å². The summed E-state index contributed by atoms with van der Waals surface area (Å²) in [6.07, 6.45) is -5.74. The van der Waals surface area contributed by atoms with Crippen molar-refractivity contribution in [1.82, 2.24) is 0 Å². The van der Waals surface area contributed by atoms with E-state index in [1.54, 1.807) is 0 Å². The van der Waals surface area contributed by atoms with E-state index in [0.29, 0.717) is 0 Å². The van der Waals surface area contributed by atoms with Gasteiger partial charge in [0.2, 0.25) is 0 Å². The number of alkyl halides is 6. The summed E-state index contributed by atoms with van der Waals surface area (Å²) < 4.78 is 73.8. The third-order valence-electron chi connectivity index (χ3n) is 1.86. The Labute approximate surface area is 91.8 Å². The van der Waals surface area contributed by atoms with Crippen molar-refractivity contribution in [3.8, 4) is 0 Å². The minimum atomic E-state index is -5.74. The molecule has 0 radical (unpaired) electrons. The van der Waals surface area contributed by atoms with Gasteiger partial charge in [0.05, 0.1) is 0 Å². The molecule has 1 rings (SSSR count). The molecule has 0 nitrogen and oxygen atoms in total. The summed E-state index contributed by atoms with van der Waals surface area (Å²) in [4.78, 5) is 0. The largest absolute Gasteiger partial charge is 0.455 e. The zero-order valence-electron chi connectivity index (χ0n) is 7.53. The van der Waals surface area contributed by atoms with Gasteiger partial charge >= 0.3 is 12.1 Å². The average molecular weight is 263 g/mol. The molecule has 90 valence electrons. The lowest BCUT2D eigenvalue weighted by Gasteiger charge is -2.24. The average Bonchev–Trinajstić information content (AvgIpc) is 2.16. The van der Waals surface area contributed by atoms with Gasteiger partial charge in [-0.3, -0.25) is 0 Å². The number of hydrogen-bond donors (Lipinski definition) is 0. The van der Waals surface area contributed by atoms with Crippen LogP contribution in [0.1, 0.15) is 10.9 Å². The van der Waals surface area contributed by atoms with Crippen molar-refractivity contribution in [2.75, 3.05) is 0 Å². The maximum atomic E-state index is 12.8. The number of halogens is 7. The van der Waals surface area contributed by atoms with Crippen molar-refractivity contribution >= 4 is 11.6 Å². The van der Waals surface area contributed by atoms with Crippen molar-refractivity contribution in [2.45, 2.75) is 17.5 Å². The van der Waals surface area contributed by atoms with E-state index in [9.17, 15) is 26.3 Å². The zero-order chi connectivity index (χ0) is 12.6. The SMILES string of the molecule is Fc1ccc(C(Cl)C(F)(F)C(F)(F)F)cc1. The molecule has 0 aliphatic rings. The van der Waals surface area contributed by atoms with E-state index < -0.39 is 28.9 Å². The summed E-state index contributed by atoms with van der Waals surface area (Å²) in [5.74, 6) is -5.81. The van der Waals surface area contributed by atoms with Crippen LogP contribution in [-0.2, 0) is 0 Å². The van der Waals surface area contributed by atoms with E-state index in [1.807, 2.05) is 0 Å². The molecule has 1 aromatic rings. The van der Waals surface area contributed by atoms with E-state index in [1.165, 1.54) is 0 Å². The van der Waals surface area contributed by atoms with Crippen LogP contribution in [0.15, 0.2) is 24.3 Å². The molecule has 0 fully saturated rings. The van der Waals surface area contributed by atoms with E-state index in [-0.39, 0.29) is 0 Å². The van der Waals surface area contributed by atoms with E-state index in [0.717, 1.165) is 24.3 Å². The van der Waals surface area contributed by atoms with E-state index >= 15 is 0 Å². The quantitative estimate of drug-likeness (QED) is 0.550. The molecular weight excluding hydrogens is 258 g/mol. The lowest BCUT2D eigenvalue weighted by molar-refractivity contribution is -0.283. The highest BCUT2D eigenvalue weighted by Gasteiger charge is 2.62. The van der Waals surface area contributed by atoms with Crippen LogP contribution in [0.4, 0.5) is 26.3 Å². The van der Waals surface area contributed by atoms with Gasteiger partial charge in [-0.05, 0) is 17.7 Å². The number of hydrogen-bond acceptors (Lipinski definition) is 0. The molecule has 0 aliphatic heterocycles. The highest BCUT2D eigenvalue weighted by Crippen LogP contribution is 2.47. The van der Waals surface area contributed by atoms with Gasteiger partial charge in [0.25, 0.3) is 0 Å². The van der Waals surface area contributed by atoms with Crippen molar-refractivity contribution in [2.24, 2.45) is 0 Å². The normalized spacial score (nSPS) is 14.9. The maximum absolute atomic E-state index is 12.8. The number of benzene rings is 1. The highest BCUT2D eigenvalue weighted by atomic mass is 35.5. The van der Waals surface area contributed by atoms with Gasteiger partial charge in [-0.1, -0.05) is 12.1 Å². The van der Waals surface area contributed by atoms with Gasteiger partial charge < -0.3 is 0 Å². The first-order valence-corrected chi connectivity index (χ1v) is 4.44. The Morgan fingerprint density at radius 3 is 1.75 bits per heavy atom. The predicted octanol–water partition coefficient (Wildman–Crippen LogP) is 4.30. The van der Waals surface area contributed by atoms with Crippen LogP contribution in [-0.4, -0.2) is 12.1 Å². The topological polar surface area (TPSA) is 0 Å². The van der Waals surface area contributed by atoms with Crippen LogP contribution in [0.2, 0.25) is 0 Å². The fourth-order valence-corrected chi connectivity index (χ4v) is 1.25. The molecule has 0 bridgehead atoms. The van der Waals surface area contributed by atoms with Crippen LogP contribution in [0.5, 0.6) is 0 Å². The molecule has 0 saturated carbocycles. The van der Waals surface area contributed by atoms with Crippen LogP contribution in [0.25, 0.3) is 0 Å². The minimum absolute atomic E-state index is 0.495. The second-order valence-corrected chi connectivity index (χ2v) is 3.47. The summed E-state index contributed by atoms with van der Waals surface area (Å²) in [5.41, 5.74) is -0.495. The summed E-state index contributed by atoms with van der Waals surface area (Å²) in [7, 11) is 0. The van der Waals surface area contributed by atoms with E-state index in [4.69, 9.17) is 11.6 Å². The molecule has 7 heteroatoms. The van der Waals surface area contributed by atoms with Crippen LogP contribution in [0.3, 0.4) is 0 Å². The second-order valence-electron chi connectivity index (χ2n) is 3.03. The molecule has 0 heterocycles. The Hall–Kier alpha value is -0.910. The fourth-order valence-electron chi connectivity index (χ4n) is 0.985. The lowest BCUT2D eigenvalue weighted by Crippen LogP contribution is -2.40. The molecule has 0 spiro atoms. The summed E-state index contributed by atoms with van der Waals surface area (Å²) >= 11 is 5.04. The highest BCUT2D eigenvalue weighted by molar-refractivity contribution is 6.21. The first-order valence-electron chi connectivity index (χ1n) is 4.00. The molecule has 1 aromatic carbocycles. The molecule has 1 unspecified atom stereocenters. The minimum Gasteiger partial charge on any atom is -0.207 e. The van der Waals surface area contributed by atoms with Crippen molar-refractivity contribution in [3.63, 3.8) is 0 Å². The Balaban J connectivity index is 3.02. The predicted molar refractivity (Wildman–Crippen MR) is 46.0 cm³/mol. The van der Waals surface area contributed by atoms with Crippen LogP contribution < -0.4 is 0 Å². The molecule has 1 atom stereocenters. The standard InChI is InChI=1S/C9H5ClF6/c10-7(8(12,13)9(14,15)16)5-1-3-6(11)4-2-5/h1-4,7H. The molecular formula is C9H5ClF6. The van der Waals surface area contributed by atoms with Gasteiger partial charge in [-0.15, -0.1) is 11.6 Å². The van der Waals surface area contributed by atoms with Gasteiger partial charge in [-0.2, -0.15) is 22.0 Å².